The van der Waals surface area contributed by atoms with E-state index in [0.717, 1.165) is 46.0 Å². The molecule has 5 nitrogen and oxygen atoms in total. The minimum Gasteiger partial charge on any atom is -0.359 e. The van der Waals surface area contributed by atoms with Crippen LogP contribution in [-0.2, 0) is 0 Å². The molecule has 0 bridgehead atoms. The first-order chi connectivity index (χ1) is 11.8. The Hall–Kier alpha value is -2.07. The zero-order valence-electron chi connectivity index (χ0n) is 13.7. The molecule has 0 radical (unpaired) electrons. The molecule has 1 aromatic carbocycles. The highest BCUT2D eigenvalue weighted by molar-refractivity contribution is 7.99. The Balaban J connectivity index is 0.00000182. The van der Waals surface area contributed by atoms with E-state index < -0.39 is 0 Å². The van der Waals surface area contributed by atoms with E-state index in [4.69, 9.17) is 4.98 Å². The molecule has 0 spiro atoms. The molecule has 1 saturated heterocycles. The van der Waals surface area contributed by atoms with Gasteiger partial charge in [-0.05, 0) is 26.0 Å². The summed E-state index contributed by atoms with van der Waals surface area (Å²) in [5, 5.41) is 15.2. The van der Waals surface area contributed by atoms with Crippen molar-refractivity contribution >= 4 is 35.1 Å². The number of para-hydroxylation sites is 1. The molecule has 0 amide bonds. The van der Waals surface area contributed by atoms with Crippen LogP contribution in [0, 0.1) is 18.3 Å². The van der Waals surface area contributed by atoms with Crippen LogP contribution < -0.4 is 5.32 Å². The van der Waals surface area contributed by atoms with Gasteiger partial charge in [0.2, 0.25) is 0 Å². The first kappa shape index (κ1) is 17.7. The Kier molecular flexibility index (Phi) is 5.28. The van der Waals surface area contributed by atoms with Crippen molar-refractivity contribution in [2.75, 3.05) is 13.1 Å². The van der Waals surface area contributed by atoms with Crippen molar-refractivity contribution < 1.29 is 0 Å². The summed E-state index contributed by atoms with van der Waals surface area (Å²) < 4.78 is 0. The van der Waals surface area contributed by atoms with Crippen molar-refractivity contribution in [3.8, 4) is 17.3 Å². The van der Waals surface area contributed by atoms with Gasteiger partial charge in [0, 0.05) is 28.9 Å². The Labute approximate surface area is 156 Å². The van der Waals surface area contributed by atoms with Crippen molar-refractivity contribution in [3.63, 3.8) is 0 Å². The van der Waals surface area contributed by atoms with E-state index in [1.807, 2.05) is 37.5 Å². The standard InChI is InChI=1S/C18H17N5S.ClH/c1-11-18(24-13-5-6-20-8-13)22-10-16(23-11)15-9-21-17-12(7-19)3-2-4-14(15)17;/h2-4,9-10,13,20-21H,5-6,8H2,1H3;1H. The maximum absolute atomic E-state index is 9.23. The van der Waals surface area contributed by atoms with Crippen LogP contribution in [-0.4, -0.2) is 33.3 Å². The van der Waals surface area contributed by atoms with Crippen LogP contribution in [0.15, 0.2) is 35.6 Å². The molecular formula is C18H18ClN5S. The molecule has 1 unspecified atom stereocenters. The lowest BCUT2D eigenvalue weighted by atomic mass is 10.1. The summed E-state index contributed by atoms with van der Waals surface area (Å²) >= 11 is 1.81. The highest BCUT2D eigenvalue weighted by Crippen LogP contribution is 2.31. The second-order valence-corrected chi connectivity index (χ2v) is 7.21. The number of H-pyrrole nitrogens is 1. The maximum Gasteiger partial charge on any atom is 0.118 e. The molecule has 2 aromatic heterocycles. The van der Waals surface area contributed by atoms with E-state index in [1.54, 1.807) is 11.8 Å². The smallest absolute Gasteiger partial charge is 0.118 e. The Morgan fingerprint density at radius 1 is 1.36 bits per heavy atom. The molecule has 128 valence electrons. The van der Waals surface area contributed by atoms with Gasteiger partial charge in [-0.3, -0.25) is 0 Å². The summed E-state index contributed by atoms with van der Waals surface area (Å²) in [6.45, 7) is 4.13. The Bertz CT molecular complexity index is 940. The highest BCUT2D eigenvalue weighted by Gasteiger charge is 2.18. The van der Waals surface area contributed by atoms with Gasteiger partial charge < -0.3 is 10.3 Å². The topological polar surface area (TPSA) is 77.4 Å². The third-order valence-corrected chi connectivity index (χ3v) is 5.67. The van der Waals surface area contributed by atoms with Gasteiger partial charge in [-0.1, -0.05) is 23.9 Å². The molecule has 1 fully saturated rings. The van der Waals surface area contributed by atoms with Gasteiger partial charge in [0.1, 0.15) is 11.1 Å². The van der Waals surface area contributed by atoms with Crippen LogP contribution in [0.4, 0.5) is 0 Å². The minimum atomic E-state index is 0. The van der Waals surface area contributed by atoms with E-state index in [1.165, 1.54) is 6.42 Å². The minimum absolute atomic E-state index is 0. The van der Waals surface area contributed by atoms with E-state index in [0.29, 0.717) is 10.8 Å². The average molecular weight is 372 g/mol. The van der Waals surface area contributed by atoms with Gasteiger partial charge in [0.25, 0.3) is 0 Å². The largest absolute Gasteiger partial charge is 0.359 e. The number of benzene rings is 1. The lowest BCUT2D eigenvalue weighted by Gasteiger charge is -2.10. The zero-order chi connectivity index (χ0) is 16.5. The van der Waals surface area contributed by atoms with Crippen LogP contribution >= 0.6 is 24.2 Å². The third-order valence-electron chi connectivity index (χ3n) is 4.31. The number of rotatable bonds is 3. The molecule has 2 N–H and O–H groups in total. The molecule has 7 heteroatoms. The van der Waals surface area contributed by atoms with Crippen molar-refractivity contribution in [2.24, 2.45) is 0 Å². The second kappa shape index (κ2) is 7.44. The molecule has 0 aliphatic carbocycles. The van der Waals surface area contributed by atoms with Gasteiger partial charge in [-0.25, -0.2) is 9.97 Å². The molecule has 3 heterocycles. The zero-order valence-corrected chi connectivity index (χ0v) is 15.4. The Morgan fingerprint density at radius 3 is 2.96 bits per heavy atom. The molecule has 1 aliphatic heterocycles. The second-order valence-electron chi connectivity index (χ2n) is 5.92. The molecule has 1 atom stereocenters. The first-order valence-corrected chi connectivity index (χ1v) is 8.86. The number of nitriles is 1. The normalized spacial score (nSPS) is 16.6. The van der Waals surface area contributed by atoms with Gasteiger partial charge in [-0.15, -0.1) is 12.4 Å². The number of aryl methyl sites for hydroxylation is 1. The maximum atomic E-state index is 9.23. The molecular weight excluding hydrogens is 354 g/mol. The van der Waals surface area contributed by atoms with E-state index in [2.05, 4.69) is 21.4 Å². The summed E-state index contributed by atoms with van der Waals surface area (Å²) in [7, 11) is 0. The predicted octanol–water partition coefficient (Wildman–Crippen LogP) is 3.68. The number of nitrogens with one attached hydrogen (secondary N) is 2. The number of halogens is 1. The fourth-order valence-electron chi connectivity index (χ4n) is 3.06. The molecule has 1 aliphatic rings. The van der Waals surface area contributed by atoms with Crippen molar-refractivity contribution in [3.05, 3.63) is 41.9 Å². The van der Waals surface area contributed by atoms with E-state index >= 15 is 0 Å². The molecule has 3 aromatic rings. The predicted molar refractivity (Wildman–Crippen MR) is 103 cm³/mol. The number of aromatic nitrogens is 3. The fraction of sp³-hybridized carbons (Fsp3) is 0.278. The highest BCUT2D eigenvalue weighted by atomic mass is 35.5. The van der Waals surface area contributed by atoms with Crippen LogP contribution in [0.3, 0.4) is 0 Å². The summed E-state index contributed by atoms with van der Waals surface area (Å²) in [5.74, 6) is 0. The van der Waals surface area contributed by atoms with Crippen LogP contribution in [0.2, 0.25) is 0 Å². The van der Waals surface area contributed by atoms with Gasteiger partial charge in [0.15, 0.2) is 0 Å². The average Bonchev–Trinajstić information content (AvgIpc) is 3.26. The summed E-state index contributed by atoms with van der Waals surface area (Å²) in [6, 6.07) is 7.94. The number of thioether (sulfide) groups is 1. The molecule has 0 saturated carbocycles. The SMILES string of the molecule is Cc1nc(-c2c[nH]c3c(C#N)cccc23)cnc1SC1CCNC1.Cl. The number of nitrogens with zero attached hydrogens (tertiary/aromatic N) is 3. The lowest BCUT2D eigenvalue weighted by molar-refractivity contribution is 0.858. The van der Waals surface area contributed by atoms with Crippen LogP contribution in [0.25, 0.3) is 22.2 Å². The number of hydrogen-bond donors (Lipinski definition) is 2. The summed E-state index contributed by atoms with van der Waals surface area (Å²) in [5.41, 5.74) is 4.27. The van der Waals surface area contributed by atoms with Crippen LogP contribution in [0.5, 0.6) is 0 Å². The number of fused-ring (bicyclic) bond motifs is 1. The number of aromatic amines is 1. The van der Waals surface area contributed by atoms with Crippen LogP contribution in [0.1, 0.15) is 17.7 Å². The Morgan fingerprint density at radius 2 is 2.24 bits per heavy atom. The van der Waals surface area contributed by atoms with E-state index in [9.17, 15) is 5.26 Å². The molecule has 4 rings (SSSR count). The summed E-state index contributed by atoms with van der Waals surface area (Å²) in [6.07, 6.45) is 4.91. The first-order valence-electron chi connectivity index (χ1n) is 7.98. The number of hydrogen-bond acceptors (Lipinski definition) is 5. The molecule has 25 heavy (non-hydrogen) atoms. The lowest BCUT2D eigenvalue weighted by Crippen LogP contribution is -2.10. The monoisotopic (exact) mass is 371 g/mol. The van der Waals surface area contributed by atoms with Crippen molar-refractivity contribution in [1.82, 2.24) is 20.3 Å². The fourth-order valence-corrected chi connectivity index (χ4v) is 4.14. The van der Waals surface area contributed by atoms with Crippen molar-refractivity contribution in [1.29, 1.82) is 5.26 Å². The third kappa shape index (κ3) is 3.36. The van der Waals surface area contributed by atoms with Gasteiger partial charge >= 0.3 is 0 Å². The van der Waals surface area contributed by atoms with Gasteiger partial charge in [0.05, 0.1) is 28.7 Å². The summed E-state index contributed by atoms with van der Waals surface area (Å²) in [4.78, 5) is 12.6. The van der Waals surface area contributed by atoms with Crippen molar-refractivity contribution in [2.45, 2.75) is 23.6 Å². The quantitative estimate of drug-likeness (QED) is 0.734. The van der Waals surface area contributed by atoms with Gasteiger partial charge in [-0.2, -0.15) is 5.26 Å². The van der Waals surface area contributed by atoms with E-state index in [-0.39, 0.29) is 12.4 Å².